The molecule has 94 valence electrons. The molecule has 2 rings (SSSR count). The second kappa shape index (κ2) is 5.49. The zero-order valence-corrected chi connectivity index (χ0v) is 10.2. The van der Waals surface area contributed by atoms with Crippen LogP contribution in [0.4, 0.5) is 0 Å². The molecule has 1 saturated heterocycles. The summed E-state index contributed by atoms with van der Waals surface area (Å²) in [6.45, 7) is 5.07. The lowest BCUT2D eigenvalue weighted by molar-refractivity contribution is -0.0366. The van der Waals surface area contributed by atoms with Gasteiger partial charge in [-0.2, -0.15) is 0 Å². The summed E-state index contributed by atoms with van der Waals surface area (Å²) in [6, 6.07) is 7.67. The third-order valence-electron chi connectivity index (χ3n) is 3.37. The van der Waals surface area contributed by atoms with Crippen LogP contribution in [-0.2, 0) is 4.74 Å². The molecule has 0 bridgehead atoms. The fraction of sp³-hybridized carbons (Fsp3) is 0.538. The number of ether oxygens (including phenoxy) is 1. The van der Waals surface area contributed by atoms with E-state index >= 15 is 0 Å². The number of phenolic OH excluding ortho intramolecular Hbond substituents is 1. The second-order valence-corrected chi connectivity index (χ2v) is 4.46. The summed E-state index contributed by atoms with van der Waals surface area (Å²) in [5.41, 5.74) is 6.60. The number of phenols is 1. The molecule has 17 heavy (non-hydrogen) atoms. The van der Waals surface area contributed by atoms with Crippen molar-refractivity contribution < 1.29 is 9.84 Å². The molecule has 0 radical (unpaired) electrons. The maximum Gasteiger partial charge on any atom is 0.120 e. The van der Waals surface area contributed by atoms with Crippen LogP contribution >= 0.6 is 0 Å². The van der Waals surface area contributed by atoms with Gasteiger partial charge < -0.3 is 15.6 Å². The molecule has 0 saturated carbocycles. The first kappa shape index (κ1) is 12.4. The Balaban J connectivity index is 2.09. The molecule has 1 aromatic rings. The van der Waals surface area contributed by atoms with Crippen molar-refractivity contribution in [3.8, 4) is 5.75 Å². The first-order valence-corrected chi connectivity index (χ1v) is 6.06. The molecular weight excluding hydrogens is 216 g/mol. The molecule has 0 aromatic heterocycles. The van der Waals surface area contributed by atoms with Crippen LogP contribution in [0.2, 0.25) is 0 Å². The number of rotatable bonds is 3. The third kappa shape index (κ3) is 2.77. The molecule has 3 N–H and O–H groups in total. The van der Waals surface area contributed by atoms with E-state index in [2.05, 4.69) is 11.8 Å². The quantitative estimate of drug-likeness (QED) is 0.825. The molecule has 1 fully saturated rings. The van der Waals surface area contributed by atoms with E-state index in [-0.39, 0.29) is 12.1 Å². The van der Waals surface area contributed by atoms with Gasteiger partial charge in [0, 0.05) is 31.2 Å². The number of hydrogen-bond donors (Lipinski definition) is 2. The Labute approximate surface area is 102 Å². The van der Waals surface area contributed by atoms with Crippen LogP contribution in [0, 0.1) is 0 Å². The van der Waals surface area contributed by atoms with Gasteiger partial charge in [0.05, 0.1) is 12.7 Å². The van der Waals surface area contributed by atoms with E-state index in [1.54, 1.807) is 6.07 Å². The Morgan fingerprint density at radius 1 is 1.53 bits per heavy atom. The number of nitrogens with two attached hydrogens (primary N) is 1. The highest BCUT2D eigenvalue weighted by molar-refractivity contribution is 5.34. The van der Waals surface area contributed by atoms with Gasteiger partial charge >= 0.3 is 0 Å². The Morgan fingerprint density at radius 3 is 3.00 bits per heavy atom. The predicted molar refractivity (Wildman–Crippen MR) is 66.9 cm³/mol. The highest BCUT2D eigenvalue weighted by Crippen LogP contribution is 2.28. The van der Waals surface area contributed by atoms with Crippen LogP contribution in [0.15, 0.2) is 24.3 Å². The van der Waals surface area contributed by atoms with Crippen LogP contribution in [0.3, 0.4) is 0 Å². The van der Waals surface area contributed by atoms with Gasteiger partial charge in [-0.1, -0.05) is 18.2 Å². The zero-order valence-electron chi connectivity index (χ0n) is 10.2. The molecule has 4 nitrogen and oxygen atoms in total. The largest absolute Gasteiger partial charge is 0.508 e. The molecule has 2 unspecified atom stereocenters. The lowest BCUT2D eigenvalue weighted by Gasteiger charge is -2.36. The minimum absolute atomic E-state index is 0.108. The summed E-state index contributed by atoms with van der Waals surface area (Å²) in [6.07, 6.45) is 0.108. The van der Waals surface area contributed by atoms with E-state index in [1.165, 1.54) is 0 Å². The van der Waals surface area contributed by atoms with Gasteiger partial charge in [-0.25, -0.2) is 0 Å². The minimum atomic E-state index is 0.108. The number of nitrogens with zero attached hydrogens (tertiary/aromatic N) is 1. The van der Waals surface area contributed by atoms with Crippen molar-refractivity contribution in [1.29, 1.82) is 0 Å². The number of para-hydroxylation sites is 1. The Kier molecular flexibility index (Phi) is 3.99. The molecule has 1 aromatic carbocycles. The van der Waals surface area contributed by atoms with Crippen LogP contribution in [-0.4, -0.2) is 42.4 Å². The van der Waals surface area contributed by atoms with Gasteiger partial charge in [-0.3, -0.25) is 4.90 Å². The lowest BCUT2D eigenvalue weighted by atomic mass is 10.0. The minimum Gasteiger partial charge on any atom is -0.508 e. The average molecular weight is 236 g/mol. The molecule has 1 aliphatic heterocycles. The van der Waals surface area contributed by atoms with Gasteiger partial charge in [0.2, 0.25) is 0 Å². The van der Waals surface area contributed by atoms with Crippen molar-refractivity contribution in [2.24, 2.45) is 5.73 Å². The molecule has 0 aliphatic carbocycles. The maximum atomic E-state index is 9.85. The maximum absolute atomic E-state index is 9.85. The van der Waals surface area contributed by atoms with Crippen molar-refractivity contribution in [3.63, 3.8) is 0 Å². The number of hydrogen-bond acceptors (Lipinski definition) is 4. The fourth-order valence-electron chi connectivity index (χ4n) is 2.27. The summed E-state index contributed by atoms with van der Waals surface area (Å²) in [5.74, 6) is 0.357. The molecule has 0 amide bonds. The normalized spacial score (nSPS) is 23.5. The summed E-state index contributed by atoms with van der Waals surface area (Å²) in [5, 5.41) is 9.85. The van der Waals surface area contributed by atoms with Crippen molar-refractivity contribution in [1.82, 2.24) is 4.90 Å². The van der Waals surface area contributed by atoms with E-state index in [0.29, 0.717) is 18.9 Å². The van der Waals surface area contributed by atoms with Gasteiger partial charge in [0.15, 0.2) is 0 Å². The Morgan fingerprint density at radius 2 is 2.29 bits per heavy atom. The SMILES string of the molecule is CC(c1ccccc1O)N1CCOC(CN)C1. The van der Waals surface area contributed by atoms with E-state index < -0.39 is 0 Å². The van der Waals surface area contributed by atoms with Crippen molar-refractivity contribution >= 4 is 0 Å². The molecule has 1 aliphatic rings. The Bertz CT molecular complexity index is 370. The van der Waals surface area contributed by atoms with E-state index in [9.17, 15) is 5.11 Å². The third-order valence-corrected chi connectivity index (χ3v) is 3.37. The molecule has 0 spiro atoms. The second-order valence-electron chi connectivity index (χ2n) is 4.46. The topological polar surface area (TPSA) is 58.7 Å². The van der Waals surface area contributed by atoms with Crippen LogP contribution in [0.1, 0.15) is 18.5 Å². The number of benzene rings is 1. The van der Waals surface area contributed by atoms with E-state index in [4.69, 9.17) is 10.5 Å². The molecule has 4 heteroatoms. The first-order valence-electron chi connectivity index (χ1n) is 6.06. The smallest absolute Gasteiger partial charge is 0.120 e. The summed E-state index contributed by atoms with van der Waals surface area (Å²) in [7, 11) is 0. The summed E-state index contributed by atoms with van der Waals surface area (Å²) in [4.78, 5) is 2.30. The van der Waals surface area contributed by atoms with Gasteiger partial charge in [0.1, 0.15) is 5.75 Å². The van der Waals surface area contributed by atoms with Gasteiger partial charge in [-0.05, 0) is 13.0 Å². The van der Waals surface area contributed by atoms with E-state index in [0.717, 1.165) is 18.7 Å². The summed E-state index contributed by atoms with van der Waals surface area (Å²) >= 11 is 0. The van der Waals surface area contributed by atoms with Crippen LogP contribution in [0.5, 0.6) is 5.75 Å². The highest BCUT2D eigenvalue weighted by atomic mass is 16.5. The predicted octanol–water partition coefficient (Wildman–Crippen LogP) is 1.11. The molecule has 1 heterocycles. The summed E-state index contributed by atoms with van der Waals surface area (Å²) < 4.78 is 5.54. The monoisotopic (exact) mass is 236 g/mol. The number of morpholine rings is 1. The zero-order chi connectivity index (χ0) is 12.3. The highest BCUT2D eigenvalue weighted by Gasteiger charge is 2.25. The average Bonchev–Trinajstić information content (AvgIpc) is 2.38. The van der Waals surface area contributed by atoms with Crippen LogP contribution < -0.4 is 5.73 Å². The van der Waals surface area contributed by atoms with Crippen molar-refractivity contribution in [3.05, 3.63) is 29.8 Å². The Hall–Kier alpha value is -1.10. The van der Waals surface area contributed by atoms with Gasteiger partial charge in [0.25, 0.3) is 0 Å². The van der Waals surface area contributed by atoms with Crippen LogP contribution in [0.25, 0.3) is 0 Å². The van der Waals surface area contributed by atoms with Gasteiger partial charge in [-0.15, -0.1) is 0 Å². The van der Waals surface area contributed by atoms with Crippen molar-refractivity contribution in [2.45, 2.75) is 19.1 Å². The lowest BCUT2D eigenvalue weighted by Crippen LogP contribution is -2.46. The number of aromatic hydroxyl groups is 1. The molecule has 2 atom stereocenters. The van der Waals surface area contributed by atoms with Crippen molar-refractivity contribution in [2.75, 3.05) is 26.2 Å². The van der Waals surface area contributed by atoms with E-state index in [1.807, 2.05) is 18.2 Å². The fourth-order valence-corrected chi connectivity index (χ4v) is 2.27. The molecular formula is C13H20N2O2. The first-order chi connectivity index (χ1) is 8.22. The standard InChI is InChI=1S/C13H20N2O2/c1-10(12-4-2-3-5-13(12)16)15-6-7-17-11(8-14)9-15/h2-5,10-11,16H,6-9,14H2,1H3.